The Hall–Kier alpha value is -2.32. The van der Waals surface area contributed by atoms with Crippen LogP contribution in [0.2, 0.25) is 0 Å². The van der Waals surface area contributed by atoms with Crippen molar-refractivity contribution < 1.29 is 27.6 Å². The van der Waals surface area contributed by atoms with Crippen molar-refractivity contribution in [1.82, 2.24) is 0 Å². The molecular weight excluding hydrogens is 257 g/mol. The van der Waals surface area contributed by atoms with Gasteiger partial charge in [-0.1, -0.05) is 0 Å². The number of carbonyl (C=O) groups is 1. The van der Waals surface area contributed by atoms with Gasteiger partial charge in [0.1, 0.15) is 5.75 Å². The number of nitro groups is 1. The fourth-order valence-corrected chi connectivity index (χ4v) is 1.09. The number of amides is 1. The predicted octanol–water partition coefficient (Wildman–Crippen LogP) is 2.10. The van der Waals surface area contributed by atoms with Gasteiger partial charge in [0, 0.05) is 12.1 Å². The van der Waals surface area contributed by atoms with E-state index in [0.29, 0.717) is 0 Å². The van der Waals surface area contributed by atoms with Gasteiger partial charge in [0.15, 0.2) is 6.61 Å². The molecule has 6 nitrogen and oxygen atoms in total. The standard InChI is InChI=1S/C9H7F3N2O4/c10-9(11,12)4-18-8-2-6(13-5-15)1-7(3-8)14(16)17/h1-3,5H,4H2,(H,13,15). The van der Waals surface area contributed by atoms with Gasteiger partial charge in [0.2, 0.25) is 6.41 Å². The molecule has 1 N–H and O–H groups in total. The van der Waals surface area contributed by atoms with Crippen molar-refractivity contribution in [3.63, 3.8) is 0 Å². The van der Waals surface area contributed by atoms with E-state index in [1.165, 1.54) is 0 Å². The third kappa shape index (κ3) is 4.28. The van der Waals surface area contributed by atoms with Crippen molar-refractivity contribution in [2.75, 3.05) is 11.9 Å². The van der Waals surface area contributed by atoms with E-state index in [1.807, 2.05) is 0 Å². The molecule has 0 bridgehead atoms. The second-order valence-corrected chi connectivity index (χ2v) is 3.14. The smallest absolute Gasteiger partial charge is 0.422 e. The lowest BCUT2D eigenvalue weighted by molar-refractivity contribution is -0.384. The van der Waals surface area contributed by atoms with Crippen LogP contribution in [0.5, 0.6) is 5.75 Å². The van der Waals surface area contributed by atoms with E-state index < -0.39 is 23.4 Å². The van der Waals surface area contributed by atoms with Crippen LogP contribution in [0.25, 0.3) is 0 Å². The number of halogens is 3. The van der Waals surface area contributed by atoms with E-state index in [2.05, 4.69) is 10.1 Å². The molecule has 0 radical (unpaired) electrons. The molecule has 0 fully saturated rings. The van der Waals surface area contributed by atoms with E-state index in [9.17, 15) is 28.1 Å². The normalized spacial score (nSPS) is 10.8. The van der Waals surface area contributed by atoms with Crippen molar-refractivity contribution in [2.24, 2.45) is 0 Å². The summed E-state index contributed by atoms with van der Waals surface area (Å²) in [5.74, 6) is -0.356. The van der Waals surface area contributed by atoms with Crippen molar-refractivity contribution in [3.05, 3.63) is 28.3 Å². The number of ether oxygens (including phenoxy) is 1. The van der Waals surface area contributed by atoms with Crippen molar-refractivity contribution in [2.45, 2.75) is 6.18 Å². The molecule has 1 amide bonds. The Bertz CT molecular complexity index is 462. The van der Waals surface area contributed by atoms with Gasteiger partial charge in [-0.3, -0.25) is 14.9 Å². The molecule has 0 atom stereocenters. The summed E-state index contributed by atoms with van der Waals surface area (Å²) in [6.45, 7) is -1.57. The highest BCUT2D eigenvalue weighted by molar-refractivity contribution is 5.73. The van der Waals surface area contributed by atoms with Crippen LogP contribution in [0.1, 0.15) is 0 Å². The zero-order valence-electron chi connectivity index (χ0n) is 8.73. The lowest BCUT2D eigenvalue weighted by atomic mass is 10.2. The van der Waals surface area contributed by atoms with Crippen molar-refractivity contribution in [1.29, 1.82) is 0 Å². The first-order valence-electron chi connectivity index (χ1n) is 4.51. The minimum Gasteiger partial charge on any atom is -0.484 e. The van der Waals surface area contributed by atoms with Crippen molar-refractivity contribution in [3.8, 4) is 5.75 Å². The van der Waals surface area contributed by atoms with Gasteiger partial charge in [-0.25, -0.2) is 0 Å². The quantitative estimate of drug-likeness (QED) is 0.501. The number of hydrogen-bond acceptors (Lipinski definition) is 4. The molecule has 0 unspecified atom stereocenters. The minimum atomic E-state index is -4.55. The molecule has 98 valence electrons. The number of non-ortho nitro benzene ring substituents is 1. The van der Waals surface area contributed by atoms with Gasteiger partial charge in [0.25, 0.3) is 5.69 Å². The highest BCUT2D eigenvalue weighted by Crippen LogP contribution is 2.27. The molecule has 0 aromatic heterocycles. The Labute approximate surface area is 98.5 Å². The Morgan fingerprint density at radius 3 is 2.56 bits per heavy atom. The molecule has 1 aromatic carbocycles. The number of carbonyl (C=O) groups excluding carboxylic acids is 1. The van der Waals surface area contributed by atoms with E-state index >= 15 is 0 Å². The van der Waals surface area contributed by atoms with Gasteiger partial charge in [-0.05, 0) is 0 Å². The number of alkyl halides is 3. The number of nitrogens with zero attached hydrogens (tertiary/aromatic N) is 1. The monoisotopic (exact) mass is 264 g/mol. The summed E-state index contributed by atoms with van der Waals surface area (Å²) < 4.78 is 40.1. The number of nitrogens with one attached hydrogen (secondary N) is 1. The molecule has 0 saturated carbocycles. The minimum absolute atomic E-state index is 0.0311. The van der Waals surface area contributed by atoms with Gasteiger partial charge >= 0.3 is 6.18 Å². The Balaban J connectivity index is 2.95. The van der Waals surface area contributed by atoms with Gasteiger partial charge in [-0.2, -0.15) is 13.2 Å². The third-order valence-corrected chi connectivity index (χ3v) is 1.73. The number of anilines is 1. The maximum atomic E-state index is 11.9. The first kappa shape index (κ1) is 13.7. The van der Waals surface area contributed by atoms with E-state index in [1.54, 1.807) is 0 Å². The maximum Gasteiger partial charge on any atom is 0.422 e. The zero-order chi connectivity index (χ0) is 13.8. The van der Waals surface area contributed by atoms with Crippen LogP contribution < -0.4 is 10.1 Å². The summed E-state index contributed by atoms with van der Waals surface area (Å²) in [7, 11) is 0. The third-order valence-electron chi connectivity index (χ3n) is 1.73. The molecule has 0 aliphatic heterocycles. The summed E-state index contributed by atoms with van der Waals surface area (Å²) in [6, 6.07) is 2.88. The first-order chi connectivity index (χ1) is 8.31. The average Bonchev–Trinajstić information content (AvgIpc) is 2.25. The van der Waals surface area contributed by atoms with Crippen LogP contribution in [0, 0.1) is 10.1 Å². The SMILES string of the molecule is O=CNc1cc(OCC(F)(F)F)cc([N+](=O)[O-])c1. The van der Waals surface area contributed by atoms with E-state index in [-0.39, 0.29) is 17.8 Å². The Morgan fingerprint density at radius 1 is 1.39 bits per heavy atom. The molecule has 9 heteroatoms. The molecule has 1 aromatic rings. The van der Waals surface area contributed by atoms with Crippen LogP contribution in [-0.2, 0) is 4.79 Å². The number of nitro benzene ring substituents is 1. The van der Waals surface area contributed by atoms with Crippen LogP contribution in [-0.4, -0.2) is 24.1 Å². The maximum absolute atomic E-state index is 11.9. The fourth-order valence-electron chi connectivity index (χ4n) is 1.09. The number of hydrogen-bond donors (Lipinski definition) is 1. The summed E-state index contributed by atoms with van der Waals surface area (Å²) in [6.07, 6.45) is -4.31. The highest BCUT2D eigenvalue weighted by Gasteiger charge is 2.28. The molecule has 0 saturated heterocycles. The lowest BCUT2D eigenvalue weighted by Gasteiger charge is -2.10. The highest BCUT2D eigenvalue weighted by atomic mass is 19.4. The largest absolute Gasteiger partial charge is 0.484 e. The first-order valence-corrected chi connectivity index (χ1v) is 4.51. The lowest BCUT2D eigenvalue weighted by Crippen LogP contribution is -2.19. The topological polar surface area (TPSA) is 81.5 Å². The second kappa shape index (κ2) is 5.34. The van der Waals surface area contributed by atoms with Crippen molar-refractivity contribution >= 4 is 17.8 Å². The van der Waals surface area contributed by atoms with Crippen LogP contribution in [0.4, 0.5) is 24.5 Å². The molecule has 1 rings (SSSR count). The summed E-state index contributed by atoms with van der Waals surface area (Å²) >= 11 is 0. The summed E-state index contributed by atoms with van der Waals surface area (Å²) in [5, 5.41) is 12.6. The second-order valence-electron chi connectivity index (χ2n) is 3.14. The fraction of sp³-hybridized carbons (Fsp3) is 0.222. The van der Waals surface area contributed by atoms with Crippen LogP contribution in [0.3, 0.4) is 0 Å². The summed E-state index contributed by atoms with van der Waals surface area (Å²) in [4.78, 5) is 19.9. The molecule has 18 heavy (non-hydrogen) atoms. The van der Waals surface area contributed by atoms with Gasteiger partial charge < -0.3 is 10.1 Å². The summed E-state index contributed by atoms with van der Waals surface area (Å²) in [5.41, 5.74) is -0.518. The van der Waals surface area contributed by atoms with E-state index in [4.69, 9.17) is 0 Å². The zero-order valence-corrected chi connectivity index (χ0v) is 8.73. The van der Waals surface area contributed by atoms with Crippen LogP contribution in [0.15, 0.2) is 18.2 Å². The Morgan fingerprint density at radius 2 is 2.06 bits per heavy atom. The van der Waals surface area contributed by atoms with Crippen LogP contribution >= 0.6 is 0 Å². The van der Waals surface area contributed by atoms with Gasteiger partial charge in [0.05, 0.1) is 16.7 Å². The Kier molecular flexibility index (Phi) is 4.08. The number of rotatable bonds is 5. The molecule has 0 spiro atoms. The molecular formula is C9H7F3N2O4. The molecule has 0 heterocycles. The van der Waals surface area contributed by atoms with E-state index in [0.717, 1.165) is 18.2 Å². The average molecular weight is 264 g/mol. The predicted molar refractivity (Wildman–Crippen MR) is 54.3 cm³/mol. The molecule has 0 aliphatic rings. The number of benzene rings is 1. The van der Waals surface area contributed by atoms with Gasteiger partial charge in [-0.15, -0.1) is 0 Å². The molecule has 0 aliphatic carbocycles.